The minimum atomic E-state index is -0.562. The molecule has 0 amide bonds. The highest BCUT2D eigenvalue weighted by Gasteiger charge is 2.26. The van der Waals surface area contributed by atoms with Crippen LogP contribution in [0.3, 0.4) is 0 Å². The summed E-state index contributed by atoms with van der Waals surface area (Å²) in [5, 5.41) is 0. The zero-order chi connectivity index (χ0) is 25.0. The van der Waals surface area contributed by atoms with Crippen molar-refractivity contribution in [3.63, 3.8) is 0 Å². The second-order valence-electron chi connectivity index (χ2n) is 10.2. The van der Waals surface area contributed by atoms with Crippen molar-refractivity contribution >= 4 is 27.5 Å². The summed E-state index contributed by atoms with van der Waals surface area (Å²) < 4.78 is 25.2. The highest BCUT2D eigenvalue weighted by molar-refractivity contribution is 9.11. The topological polar surface area (TPSA) is 64.6 Å². The number of allylic oxidation sites excluding steroid dienone is 1. The van der Waals surface area contributed by atoms with E-state index in [-0.39, 0.29) is 18.7 Å². The van der Waals surface area contributed by atoms with E-state index in [1.807, 2.05) is 39.0 Å². The van der Waals surface area contributed by atoms with Gasteiger partial charge in [-0.15, -0.1) is 0 Å². The van der Waals surface area contributed by atoms with Gasteiger partial charge < -0.3 is 9.47 Å². The maximum Gasteiger partial charge on any atom is 0.316 e. The van der Waals surface area contributed by atoms with Crippen LogP contribution in [-0.2, 0) is 11.2 Å². The number of aryl methyl sites for hydroxylation is 1. The first-order chi connectivity index (χ1) is 16.7. The number of fused-ring (bicyclic) bond motifs is 1. The van der Waals surface area contributed by atoms with E-state index in [9.17, 15) is 9.18 Å². The molecular weight excluding hydrogens is 513 g/mol. The summed E-state index contributed by atoms with van der Waals surface area (Å²) in [5.41, 5.74) is 3.61. The summed E-state index contributed by atoms with van der Waals surface area (Å²) in [6, 6.07) is 6.19. The molecule has 6 nitrogen and oxygen atoms in total. The van der Waals surface area contributed by atoms with E-state index in [4.69, 9.17) is 9.47 Å². The minimum Gasteiger partial charge on any atom is -0.459 e. The van der Waals surface area contributed by atoms with Crippen molar-refractivity contribution in [3.8, 4) is 11.8 Å². The highest BCUT2D eigenvalue weighted by Crippen LogP contribution is 2.39. The van der Waals surface area contributed by atoms with E-state index in [2.05, 4.69) is 30.8 Å². The van der Waals surface area contributed by atoms with Gasteiger partial charge in [0.05, 0.1) is 12.1 Å². The Morgan fingerprint density at radius 2 is 2.00 bits per heavy atom. The van der Waals surface area contributed by atoms with Crippen LogP contribution in [0.25, 0.3) is 5.57 Å². The number of ether oxygens (including phenoxy) is 2. The van der Waals surface area contributed by atoms with E-state index >= 15 is 0 Å². The van der Waals surface area contributed by atoms with Crippen molar-refractivity contribution in [1.82, 2.24) is 14.9 Å². The van der Waals surface area contributed by atoms with E-state index in [1.54, 1.807) is 12.4 Å². The average Bonchev–Trinajstić information content (AvgIpc) is 3.19. The molecule has 1 aliphatic carbocycles. The van der Waals surface area contributed by atoms with Gasteiger partial charge in [0.1, 0.15) is 11.9 Å². The van der Waals surface area contributed by atoms with Gasteiger partial charge in [-0.05, 0) is 76.1 Å². The molecule has 1 aromatic heterocycles. The summed E-state index contributed by atoms with van der Waals surface area (Å²) in [6.45, 7) is 7.70. The lowest BCUT2D eigenvalue weighted by Crippen LogP contribution is -2.26. The summed E-state index contributed by atoms with van der Waals surface area (Å²) >= 11 is 3.79. The monoisotopic (exact) mass is 545 g/mol. The molecule has 1 fully saturated rings. The summed E-state index contributed by atoms with van der Waals surface area (Å²) in [5.74, 6) is 0.318. The zero-order valence-electron chi connectivity index (χ0n) is 20.7. The van der Waals surface area contributed by atoms with Crippen LogP contribution in [0.1, 0.15) is 63.1 Å². The molecule has 1 saturated heterocycles. The number of esters is 1. The fraction of sp³-hybridized carbons (Fsp3) is 0.519. The second kappa shape index (κ2) is 11.2. The maximum absolute atomic E-state index is 12.4. The lowest BCUT2D eigenvalue weighted by Gasteiger charge is -2.18. The largest absolute Gasteiger partial charge is 0.459 e. The summed E-state index contributed by atoms with van der Waals surface area (Å²) in [4.78, 5) is 23.5. The molecule has 0 radical (unpaired) electrons. The first-order valence-electron chi connectivity index (χ1n) is 12.3. The maximum atomic E-state index is 12.4. The van der Waals surface area contributed by atoms with Crippen molar-refractivity contribution in [2.24, 2.45) is 5.41 Å². The molecule has 0 bridgehead atoms. The Morgan fingerprint density at radius 3 is 2.71 bits per heavy atom. The molecule has 2 aromatic rings. The Morgan fingerprint density at radius 1 is 1.23 bits per heavy atom. The lowest BCUT2D eigenvalue weighted by molar-refractivity contribution is -0.143. The van der Waals surface area contributed by atoms with Crippen LogP contribution >= 0.6 is 15.9 Å². The molecule has 2 aliphatic rings. The number of rotatable bonds is 7. The smallest absolute Gasteiger partial charge is 0.316 e. The number of alkyl halides is 1. The number of hydrogen-bond acceptors (Lipinski definition) is 6. The van der Waals surface area contributed by atoms with Crippen molar-refractivity contribution in [3.05, 3.63) is 51.8 Å². The first-order valence-corrected chi connectivity index (χ1v) is 13.1. The van der Waals surface area contributed by atoms with Gasteiger partial charge >= 0.3 is 12.0 Å². The standard InChI is InChI=1S/C27H33BrFN3O3/c1-27(2,3)25(33)34-20-8-9-22-18(14-20)6-4-7-23(28)24(22)19-15-30-26(31-16-19)35-21-10-13-32(17-21)12-5-11-29/h8-9,14-16,21H,4-7,10-13,17H2,1-3H3/t21-/m0/s1. The molecule has 1 atom stereocenters. The molecule has 4 rings (SSSR count). The molecular formula is C27H33BrFN3O3. The van der Waals surface area contributed by atoms with E-state index in [1.165, 1.54) is 0 Å². The Kier molecular flexibility index (Phi) is 8.22. The number of hydrogen-bond donors (Lipinski definition) is 0. The zero-order valence-corrected chi connectivity index (χ0v) is 22.2. The van der Waals surface area contributed by atoms with Crippen molar-refractivity contribution < 1.29 is 18.7 Å². The third-order valence-corrected chi connectivity index (χ3v) is 7.10. The number of benzene rings is 1. The molecule has 188 valence electrons. The molecule has 1 aliphatic heterocycles. The van der Waals surface area contributed by atoms with E-state index in [0.717, 1.165) is 72.1 Å². The number of nitrogens with zero attached hydrogens (tertiary/aromatic N) is 3. The minimum absolute atomic E-state index is 0.0271. The number of halogens is 2. The molecule has 0 saturated carbocycles. The summed E-state index contributed by atoms with van der Waals surface area (Å²) in [7, 11) is 0. The van der Waals surface area contributed by atoms with Gasteiger partial charge in [-0.2, -0.15) is 0 Å². The van der Waals surface area contributed by atoms with E-state index in [0.29, 0.717) is 18.2 Å². The quantitative estimate of drug-likeness (QED) is 0.327. The van der Waals surface area contributed by atoms with E-state index < -0.39 is 5.41 Å². The number of carbonyl (C=O) groups excluding carboxylic acids is 1. The van der Waals surface area contributed by atoms with Gasteiger partial charge in [0, 0.05) is 47.6 Å². The third-order valence-electron chi connectivity index (χ3n) is 6.31. The first kappa shape index (κ1) is 25.8. The Balaban J connectivity index is 1.50. The number of aromatic nitrogens is 2. The predicted octanol–water partition coefficient (Wildman–Crippen LogP) is 5.73. The summed E-state index contributed by atoms with van der Waals surface area (Å²) in [6.07, 6.45) is 7.85. The van der Waals surface area contributed by atoms with Crippen LogP contribution in [0.4, 0.5) is 4.39 Å². The SMILES string of the molecule is CC(C)(C)C(=O)Oc1ccc2c(c1)CCCC(Br)=C2c1cnc(O[C@H]2CCN(CCCF)C2)nc1. The third kappa shape index (κ3) is 6.47. The average molecular weight is 546 g/mol. The van der Waals surface area contributed by atoms with Crippen LogP contribution in [0.2, 0.25) is 0 Å². The Bertz CT molecular complexity index is 1080. The second-order valence-corrected chi connectivity index (χ2v) is 11.2. The van der Waals surface area contributed by atoms with Crippen LogP contribution in [0, 0.1) is 5.41 Å². The van der Waals surface area contributed by atoms with Crippen molar-refractivity contribution in [2.45, 2.75) is 59.0 Å². The van der Waals surface area contributed by atoms with Crippen LogP contribution in [-0.4, -0.2) is 53.2 Å². The molecule has 2 heterocycles. The van der Waals surface area contributed by atoms with Gasteiger partial charge in [-0.3, -0.25) is 14.1 Å². The Labute approximate surface area is 215 Å². The predicted molar refractivity (Wildman–Crippen MR) is 138 cm³/mol. The van der Waals surface area contributed by atoms with Gasteiger partial charge in [0.25, 0.3) is 0 Å². The van der Waals surface area contributed by atoms with Crippen molar-refractivity contribution in [1.29, 1.82) is 0 Å². The molecule has 8 heteroatoms. The molecule has 1 aromatic carbocycles. The molecule has 0 spiro atoms. The van der Waals surface area contributed by atoms with Gasteiger partial charge in [0.2, 0.25) is 0 Å². The fourth-order valence-electron chi connectivity index (χ4n) is 4.40. The van der Waals surface area contributed by atoms with Gasteiger partial charge in [-0.1, -0.05) is 22.0 Å². The normalized spacial score (nSPS) is 18.8. The Hall–Kier alpha value is -2.32. The molecule has 0 N–H and O–H groups in total. The lowest BCUT2D eigenvalue weighted by atomic mass is 9.95. The van der Waals surface area contributed by atoms with Crippen LogP contribution < -0.4 is 9.47 Å². The van der Waals surface area contributed by atoms with Gasteiger partial charge in [-0.25, -0.2) is 9.97 Å². The van der Waals surface area contributed by atoms with Crippen LogP contribution in [0.5, 0.6) is 11.8 Å². The van der Waals surface area contributed by atoms with Crippen LogP contribution in [0.15, 0.2) is 35.1 Å². The number of carbonyl (C=O) groups is 1. The molecule has 0 unspecified atom stereocenters. The number of likely N-dealkylation sites (tertiary alicyclic amines) is 1. The van der Waals surface area contributed by atoms with Crippen molar-refractivity contribution in [2.75, 3.05) is 26.3 Å². The van der Waals surface area contributed by atoms with Gasteiger partial charge in [0.15, 0.2) is 0 Å². The molecule has 35 heavy (non-hydrogen) atoms. The highest BCUT2D eigenvalue weighted by atomic mass is 79.9. The fourth-order valence-corrected chi connectivity index (χ4v) is 5.12.